The van der Waals surface area contributed by atoms with Crippen molar-refractivity contribution in [3.8, 4) is 0 Å². The van der Waals surface area contributed by atoms with Gasteiger partial charge < -0.3 is 15.2 Å². The first-order chi connectivity index (χ1) is 11.4. The highest BCUT2D eigenvalue weighted by molar-refractivity contribution is 5.79. The second-order valence-corrected chi connectivity index (χ2v) is 4.98. The molecule has 6 nitrogen and oxygen atoms in total. The molecule has 0 aliphatic heterocycles. The van der Waals surface area contributed by atoms with E-state index >= 15 is 0 Å². The molecule has 0 bridgehead atoms. The Hall–Kier alpha value is -2.58. The maximum atomic E-state index is 12.5. The van der Waals surface area contributed by atoms with Gasteiger partial charge in [0.15, 0.2) is 11.8 Å². The van der Waals surface area contributed by atoms with Gasteiger partial charge in [-0.3, -0.25) is 0 Å². The first-order valence-corrected chi connectivity index (χ1v) is 7.36. The van der Waals surface area contributed by atoms with Crippen LogP contribution in [0.2, 0.25) is 0 Å². The predicted octanol–water partition coefficient (Wildman–Crippen LogP) is 2.65. The van der Waals surface area contributed by atoms with E-state index in [1.807, 2.05) is 6.92 Å². The Kier molecular flexibility index (Phi) is 5.78. The van der Waals surface area contributed by atoms with Gasteiger partial charge in [0.25, 0.3) is 0 Å². The van der Waals surface area contributed by atoms with Crippen molar-refractivity contribution in [3.05, 3.63) is 47.1 Å². The summed E-state index contributed by atoms with van der Waals surface area (Å²) in [4.78, 5) is 8.38. The van der Waals surface area contributed by atoms with E-state index in [0.717, 1.165) is 12.1 Å². The van der Waals surface area contributed by atoms with Gasteiger partial charge in [-0.1, -0.05) is 17.3 Å². The Morgan fingerprint density at radius 1 is 1.21 bits per heavy atom. The van der Waals surface area contributed by atoms with Crippen LogP contribution in [-0.4, -0.2) is 22.6 Å². The molecular weight excluding hydrogens is 323 g/mol. The van der Waals surface area contributed by atoms with E-state index in [1.54, 1.807) is 6.92 Å². The molecule has 0 fully saturated rings. The van der Waals surface area contributed by atoms with Crippen LogP contribution in [-0.2, 0) is 19.3 Å². The molecule has 0 aliphatic carbocycles. The zero-order chi connectivity index (χ0) is 17.6. The minimum Gasteiger partial charge on any atom is -0.357 e. The van der Waals surface area contributed by atoms with Crippen molar-refractivity contribution in [1.29, 1.82) is 0 Å². The summed E-state index contributed by atoms with van der Waals surface area (Å²) in [7, 11) is 0. The summed E-state index contributed by atoms with van der Waals surface area (Å²) < 4.78 is 42.6. The quantitative estimate of drug-likeness (QED) is 0.646. The third-order valence-electron chi connectivity index (χ3n) is 3.02. The number of aryl methyl sites for hydroxylation is 1. The lowest BCUT2D eigenvalue weighted by atomic mass is 10.1. The molecule has 0 saturated carbocycles. The van der Waals surface area contributed by atoms with E-state index in [2.05, 4.69) is 25.8 Å². The van der Waals surface area contributed by atoms with Crippen LogP contribution in [0.5, 0.6) is 0 Å². The second-order valence-electron chi connectivity index (χ2n) is 4.98. The fourth-order valence-corrected chi connectivity index (χ4v) is 1.88. The molecule has 2 aromatic rings. The molecule has 130 valence electrons. The summed E-state index contributed by atoms with van der Waals surface area (Å²) in [5, 5.41) is 9.74. The standard InChI is InChI=1S/C15H18F3N5O/c1-3-19-14(21-9-13-22-10(2)23-24-13)20-8-11-4-6-12(7-5-11)15(16,17)18/h4-7H,3,8-9H2,1-2H3,(H2,19,20,21). The zero-order valence-electron chi connectivity index (χ0n) is 13.3. The van der Waals surface area contributed by atoms with Crippen LogP contribution < -0.4 is 10.6 Å². The van der Waals surface area contributed by atoms with Crippen LogP contribution in [0.15, 0.2) is 33.8 Å². The van der Waals surface area contributed by atoms with Gasteiger partial charge in [0.2, 0.25) is 5.89 Å². The van der Waals surface area contributed by atoms with Gasteiger partial charge in [-0.25, -0.2) is 4.99 Å². The molecule has 0 spiro atoms. The van der Waals surface area contributed by atoms with Crippen molar-refractivity contribution in [3.63, 3.8) is 0 Å². The minimum absolute atomic E-state index is 0.246. The van der Waals surface area contributed by atoms with Crippen LogP contribution in [0.3, 0.4) is 0 Å². The van der Waals surface area contributed by atoms with Crippen LogP contribution in [0.4, 0.5) is 13.2 Å². The predicted molar refractivity (Wildman–Crippen MR) is 82.1 cm³/mol. The van der Waals surface area contributed by atoms with Crippen molar-refractivity contribution < 1.29 is 17.7 Å². The molecule has 0 aliphatic rings. The lowest BCUT2D eigenvalue weighted by Gasteiger charge is -2.10. The summed E-state index contributed by atoms with van der Waals surface area (Å²) in [5.74, 6) is 1.47. The average molecular weight is 341 g/mol. The first-order valence-electron chi connectivity index (χ1n) is 7.36. The summed E-state index contributed by atoms with van der Waals surface area (Å²) in [6.07, 6.45) is -4.33. The number of aromatic nitrogens is 2. The third kappa shape index (κ3) is 5.25. The van der Waals surface area contributed by atoms with Crippen molar-refractivity contribution in [2.24, 2.45) is 4.99 Å². The van der Waals surface area contributed by atoms with Gasteiger partial charge in [0, 0.05) is 6.54 Å². The van der Waals surface area contributed by atoms with E-state index in [-0.39, 0.29) is 6.54 Å². The Morgan fingerprint density at radius 3 is 2.46 bits per heavy atom. The van der Waals surface area contributed by atoms with Crippen molar-refractivity contribution >= 4 is 5.96 Å². The number of halogens is 3. The van der Waals surface area contributed by atoms with Crippen molar-refractivity contribution in [2.75, 3.05) is 6.54 Å². The molecule has 1 aromatic heterocycles. The normalized spacial score (nSPS) is 12.3. The van der Waals surface area contributed by atoms with Crippen molar-refractivity contribution in [1.82, 2.24) is 20.8 Å². The van der Waals surface area contributed by atoms with E-state index in [9.17, 15) is 13.2 Å². The number of aliphatic imine (C=N–C) groups is 1. The van der Waals surface area contributed by atoms with Gasteiger partial charge >= 0.3 is 6.18 Å². The summed E-state index contributed by atoms with van der Waals surface area (Å²) in [6, 6.07) is 4.92. The smallest absolute Gasteiger partial charge is 0.357 e. The lowest BCUT2D eigenvalue weighted by molar-refractivity contribution is -0.137. The van der Waals surface area contributed by atoms with E-state index < -0.39 is 11.7 Å². The Balaban J connectivity index is 1.97. The van der Waals surface area contributed by atoms with Gasteiger partial charge in [-0.05, 0) is 31.5 Å². The molecule has 2 N–H and O–H groups in total. The molecule has 0 unspecified atom stereocenters. The minimum atomic E-state index is -4.33. The molecule has 9 heteroatoms. The SMILES string of the molecule is CCNC(=NCc1ccc(C(F)(F)F)cc1)NCc1nc(C)no1. The topological polar surface area (TPSA) is 75.3 Å². The Labute approximate surface area is 137 Å². The molecule has 24 heavy (non-hydrogen) atoms. The summed E-state index contributed by atoms with van der Waals surface area (Å²) in [5.41, 5.74) is 0.000799. The maximum absolute atomic E-state index is 12.5. The average Bonchev–Trinajstić information content (AvgIpc) is 2.95. The Bertz CT molecular complexity index is 679. The van der Waals surface area contributed by atoms with Crippen molar-refractivity contribution in [2.45, 2.75) is 33.1 Å². The third-order valence-corrected chi connectivity index (χ3v) is 3.02. The maximum Gasteiger partial charge on any atom is 0.416 e. The first kappa shape index (κ1) is 17.8. The molecular formula is C15H18F3N5O. The van der Waals surface area contributed by atoms with Gasteiger partial charge in [-0.15, -0.1) is 0 Å². The van der Waals surface area contributed by atoms with Gasteiger partial charge in [0.1, 0.15) is 0 Å². The van der Waals surface area contributed by atoms with Gasteiger partial charge in [0.05, 0.1) is 18.7 Å². The number of rotatable bonds is 5. The number of alkyl halides is 3. The zero-order valence-corrected chi connectivity index (χ0v) is 13.3. The molecule has 0 saturated heterocycles. The molecule has 0 atom stereocenters. The molecule has 1 heterocycles. The largest absolute Gasteiger partial charge is 0.416 e. The number of nitrogens with one attached hydrogen (secondary N) is 2. The highest BCUT2D eigenvalue weighted by atomic mass is 19.4. The fourth-order valence-electron chi connectivity index (χ4n) is 1.88. The number of nitrogens with zero attached hydrogens (tertiary/aromatic N) is 3. The molecule has 0 amide bonds. The lowest BCUT2D eigenvalue weighted by Crippen LogP contribution is -2.36. The monoisotopic (exact) mass is 341 g/mol. The van der Waals surface area contributed by atoms with Gasteiger partial charge in [-0.2, -0.15) is 18.2 Å². The molecule has 0 radical (unpaired) electrons. The van der Waals surface area contributed by atoms with E-state index in [0.29, 0.717) is 36.3 Å². The van der Waals surface area contributed by atoms with Crippen LogP contribution >= 0.6 is 0 Å². The highest BCUT2D eigenvalue weighted by Gasteiger charge is 2.29. The van der Waals surface area contributed by atoms with Crippen LogP contribution in [0, 0.1) is 6.92 Å². The Morgan fingerprint density at radius 2 is 1.92 bits per heavy atom. The van der Waals surface area contributed by atoms with Crippen LogP contribution in [0.25, 0.3) is 0 Å². The summed E-state index contributed by atoms with van der Waals surface area (Å²) in [6.45, 7) is 4.82. The van der Waals surface area contributed by atoms with Crippen LogP contribution in [0.1, 0.15) is 29.8 Å². The number of guanidine groups is 1. The number of hydrogen-bond acceptors (Lipinski definition) is 4. The molecule has 1 aromatic carbocycles. The second kappa shape index (κ2) is 7.80. The fraction of sp³-hybridized carbons (Fsp3) is 0.400. The number of hydrogen-bond donors (Lipinski definition) is 2. The van der Waals surface area contributed by atoms with E-state index in [4.69, 9.17) is 4.52 Å². The molecule has 2 rings (SSSR count). The van der Waals surface area contributed by atoms with E-state index in [1.165, 1.54) is 12.1 Å². The highest BCUT2D eigenvalue weighted by Crippen LogP contribution is 2.29. The summed E-state index contributed by atoms with van der Waals surface area (Å²) >= 11 is 0. The number of benzene rings is 1.